The number of benzene rings is 3. The van der Waals surface area contributed by atoms with Gasteiger partial charge in [-0.1, -0.05) is 30.3 Å². The Labute approximate surface area is 178 Å². The van der Waals surface area contributed by atoms with Gasteiger partial charge in [-0.05, 0) is 41.1 Å². The van der Waals surface area contributed by atoms with E-state index in [0.29, 0.717) is 0 Å². The van der Waals surface area contributed by atoms with Gasteiger partial charge in [-0.2, -0.15) is 0 Å². The topological polar surface area (TPSA) is 116 Å². The normalized spacial score (nSPS) is 11.0. The first kappa shape index (κ1) is 22.0. The minimum Gasteiger partial charge on any atom is -0.465 e. The summed E-state index contributed by atoms with van der Waals surface area (Å²) in [7, 11) is -1.59. The van der Waals surface area contributed by atoms with Crippen molar-refractivity contribution in [2.45, 2.75) is 4.90 Å². The number of amides is 1. The molecular weight excluding hydrogens is 422 g/mol. The molecule has 0 aromatic heterocycles. The van der Waals surface area contributed by atoms with Crippen LogP contribution in [0.25, 0.3) is 10.8 Å². The van der Waals surface area contributed by atoms with Crippen LogP contribution in [0.1, 0.15) is 20.7 Å². The molecule has 0 bridgehead atoms. The highest BCUT2D eigenvalue weighted by Crippen LogP contribution is 2.21. The van der Waals surface area contributed by atoms with Crippen LogP contribution >= 0.6 is 0 Å². The number of rotatable bonds is 6. The first-order chi connectivity index (χ1) is 14.7. The van der Waals surface area contributed by atoms with Crippen LogP contribution in [0.5, 0.6) is 0 Å². The fourth-order valence-corrected chi connectivity index (χ4v) is 4.15. The van der Waals surface area contributed by atoms with Gasteiger partial charge in [0.25, 0.3) is 0 Å². The fourth-order valence-electron chi connectivity index (χ4n) is 2.99. The van der Waals surface area contributed by atoms with Gasteiger partial charge in [-0.25, -0.2) is 18.0 Å². The molecule has 9 heteroatoms. The molecule has 0 aliphatic rings. The summed E-state index contributed by atoms with van der Waals surface area (Å²) >= 11 is 0. The molecule has 1 amide bonds. The van der Waals surface area contributed by atoms with Gasteiger partial charge in [0, 0.05) is 5.69 Å². The molecule has 0 heterocycles. The van der Waals surface area contributed by atoms with E-state index in [-0.39, 0.29) is 21.7 Å². The molecule has 0 fully saturated rings. The van der Waals surface area contributed by atoms with E-state index in [4.69, 9.17) is 0 Å². The SMILES string of the molecule is COC(=O)c1cc(NC(=O)CS(=O)(=O)c2ccc3ccccc3c2)cc(C(=O)OC)c1. The van der Waals surface area contributed by atoms with Crippen LogP contribution in [0.4, 0.5) is 5.69 Å². The molecule has 0 unspecified atom stereocenters. The third-order valence-corrected chi connectivity index (χ3v) is 6.07. The summed E-state index contributed by atoms with van der Waals surface area (Å²) in [5.74, 6) is -3.11. The summed E-state index contributed by atoms with van der Waals surface area (Å²) in [5, 5.41) is 4.02. The van der Waals surface area contributed by atoms with Crippen molar-refractivity contribution < 1.29 is 32.3 Å². The van der Waals surface area contributed by atoms with Crippen molar-refractivity contribution >= 4 is 44.1 Å². The Hall–Kier alpha value is -3.72. The molecule has 0 saturated carbocycles. The molecule has 3 aromatic rings. The minimum absolute atomic E-state index is 0.00177. The fraction of sp³-hybridized carbons (Fsp3) is 0.136. The summed E-state index contributed by atoms with van der Waals surface area (Å²) in [6, 6.07) is 15.7. The molecule has 0 atom stereocenters. The zero-order valence-electron chi connectivity index (χ0n) is 16.7. The number of hydrogen-bond donors (Lipinski definition) is 1. The molecule has 0 aliphatic carbocycles. The molecule has 0 radical (unpaired) electrons. The van der Waals surface area contributed by atoms with Crippen molar-refractivity contribution in [2.75, 3.05) is 25.3 Å². The summed E-state index contributed by atoms with van der Waals surface area (Å²) in [6.45, 7) is 0. The monoisotopic (exact) mass is 441 g/mol. The lowest BCUT2D eigenvalue weighted by Gasteiger charge is -2.10. The lowest BCUT2D eigenvalue weighted by Crippen LogP contribution is -2.23. The van der Waals surface area contributed by atoms with Crippen LogP contribution in [-0.2, 0) is 24.1 Å². The molecule has 160 valence electrons. The number of sulfone groups is 1. The van der Waals surface area contributed by atoms with E-state index in [1.165, 1.54) is 44.6 Å². The van der Waals surface area contributed by atoms with E-state index in [2.05, 4.69) is 14.8 Å². The number of carbonyl (C=O) groups excluding carboxylic acids is 3. The average Bonchev–Trinajstić information content (AvgIpc) is 2.76. The Bertz CT molecular complexity index is 1250. The predicted octanol–water partition coefficient (Wildman–Crippen LogP) is 2.83. The van der Waals surface area contributed by atoms with Crippen LogP contribution in [0.3, 0.4) is 0 Å². The third-order valence-electron chi connectivity index (χ3n) is 4.46. The Balaban J connectivity index is 1.84. The highest BCUT2D eigenvalue weighted by molar-refractivity contribution is 7.92. The summed E-state index contributed by atoms with van der Waals surface area (Å²) in [5.41, 5.74) is 0.0539. The zero-order chi connectivity index (χ0) is 22.6. The predicted molar refractivity (Wildman–Crippen MR) is 114 cm³/mol. The highest BCUT2D eigenvalue weighted by Gasteiger charge is 2.21. The van der Waals surface area contributed by atoms with Crippen LogP contribution in [0.2, 0.25) is 0 Å². The first-order valence-corrected chi connectivity index (χ1v) is 10.7. The van der Waals surface area contributed by atoms with Gasteiger partial charge in [-0.15, -0.1) is 0 Å². The van der Waals surface area contributed by atoms with Crippen molar-refractivity contribution in [2.24, 2.45) is 0 Å². The number of esters is 2. The quantitative estimate of drug-likeness (QED) is 0.585. The van der Waals surface area contributed by atoms with E-state index in [1.807, 2.05) is 12.1 Å². The molecule has 8 nitrogen and oxygen atoms in total. The lowest BCUT2D eigenvalue weighted by molar-refractivity contribution is -0.113. The standard InChI is InChI=1S/C22H19NO7S/c1-29-21(25)16-9-17(22(26)30-2)11-18(10-16)23-20(24)13-31(27,28)19-8-7-14-5-3-4-6-15(14)12-19/h3-12H,13H2,1-2H3,(H,23,24). The van der Waals surface area contributed by atoms with Crippen molar-refractivity contribution in [1.29, 1.82) is 0 Å². The molecule has 0 spiro atoms. The Morgan fingerprint density at radius 1 is 0.806 bits per heavy atom. The van der Waals surface area contributed by atoms with Gasteiger partial charge < -0.3 is 14.8 Å². The second kappa shape index (κ2) is 8.97. The number of nitrogens with one attached hydrogen (secondary N) is 1. The zero-order valence-corrected chi connectivity index (χ0v) is 17.6. The van der Waals surface area contributed by atoms with E-state index in [9.17, 15) is 22.8 Å². The third kappa shape index (κ3) is 5.07. The molecule has 0 aliphatic heterocycles. The molecule has 0 saturated heterocycles. The van der Waals surface area contributed by atoms with Crippen LogP contribution in [0.15, 0.2) is 65.6 Å². The summed E-state index contributed by atoms with van der Waals surface area (Å²) in [6.07, 6.45) is 0. The van der Waals surface area contributed by atoms with E-state index < -0.39 is 33.4 Å². The van der Waals surface area contributed by atoms with Crippen LogP contribution in [0, 0.1) is 0 Å². The second-order valence-electron chi connectivity index (χ2n) is 6.60. The van der Waals surface area contributed by atoms with Crippen molar-refractivity contribution in [3.63, 3.8) is 0 Å². The molecular formula is C22H19NO7S. The number of carbonyl (C=O) groups is 3. The Morgan fingerprint density at radius 3 is 1.97 bits per heavy atom. The van der Waals surface area contributed by atoms with E-state index >= 15 is 0 Å². The molecule has 3 rings (SSSR count). The maximum absolute atomic E-state index is 12.7. The molecule has 3 aromatic carbocycles. The maximum Gasteiger partial charge on any atom is 0.337 e. The van der Waals surface area contributed by atoms with E-state index in [1.54, 1.807) is 18.2 Å². The van der Waals surface area contributed by atoms with Gasteiger partial charge in [0.1, 0.15) is 5.75 Å². The van der Waals surface area contributed by atoms with Crippen molar-refractivity contribution in [1.82, 2.24) is 0 Å². The number of anilines is 1. The lowest BCUT2D eigenvalue weighted by atomic mass is 10.1. The number of fused-ring (bicyclic) bond motifs is 1. The largest absolute Gasteiger partial charge is 0.465 e. The molecule has 1 N–H and O–H groups in total. The average molecular weight is 441 g/mol. The van der Waals surface area contributed by atoms with Crippen molar-refractivity contribution in [3.05, 3.63) is 71.8 Å². The maximum atomic E-state index is 12.7. The number of methoxy groups -OCH3 is 2. The molecule has 31 heavy (non-hydrogen) atoms. The van der Waals surface area contributed by atoms with Gasteiger partial charge in [0.2, 0.25) is 5.91 Å². The highest BCUT2D eigenvalue weighted by atomic mass is 32.2. The summed E-state index contributed by atoms with van der Waals surface area (Å²) in [4.78, 5) is 36.2. The first-order valence-electron chi connectivity index (χ1n) is 9.06. The Kier molecular flexibility index (Phi) is 6.36. The number of hydrogen-bond acceptors (Lipinski definition) is 7. The van der Waals surface area contributed by atoms with E-state index in [0.717, 1.165) is 10.8 Å². The van der Waals surface area contributed by atoms with Gasteiger partial charge in [0.05, 0.1) is 30.2 Å². The van der Waals surface area contributed by atoms with Gasteiger partial charge in [-0.3, -0.25) is 4.79 Å². The van der Waals surface area contributed by atoms with Gasteiger partial charge >= 0.3 is 11.9 Å². The van der Waals surface area contributed by atoms with Gasteiger partial charge in [0.15, 0.2) is 9.84 Å². The van der Waals surface area contributed by atoms with Crippen LogP contribution < -0.4 is 5.32 Å². The Morgan fingerprint density at radius 2 is 1.39 bits per heavy atom. The minimum atomic E-state index is -3.93. The van der Waals surface area contributed by atoms with Crippen LogP contribution in [-0.4, -0.2) is 46.2 Å². The smallest absolute Gasteiger partial charge is 0.337 e. The number of ether oxygens (including phenoxy) is 2. The second-order valence-corrected chi connectivity index (χ2v) is 8.59. The summed E-state index contributed by atoms with van der Waals surface area (Å²) < 4.78 is 34.7. The van der Waals surface area contributed by atoms with Crippen molar-refractivity contribution in [3.8, 4) is 0 Å².